The van der Waals surface area contributed by atoms with Gasteiger partial charge in [-0.05, 0) is 36.8 Å². The van der Waals surface area contributed by atoms with Crippen LogP contribution in [-0.4, -0.2) is 10.9 Å². The Morgan fingerprint density at radius 1 is 1.12 bits per heavy atom. The molecule has 16 heavy (non-hydrogen) atoms. The molecule has 86 valence electrons. The van der Waals surface area contributed by atoms with Crippen LogP contribution in [0.15, 0.2) is 29.4 Å². The molecule has 0 saturated heterocycles. The first-order chi connectivity index (χ1) is 7.81. The lowest BCUT2D eigenvalue weighted by Crippen LogP contribution is -2.04. The molecule has 2 heteroatoms. The molecule has 0 bridgehead atoms. The average Bonchev–Trinajstić information content (AvgIpc) is 2.39. The van der Waals surface area contributed by atoms with Crippen molar-refractivity contribution in [2.45, 2.75) is 44.9 Å². The quantitative estimate of drug-likeness (QED) is 0.454. The number of benzene rings is 1. The fraction of sp³-hybridized carbons (Fsp3) is 0.500. The third-order valence-electron chi connectivity index (χ3n) is 3.56. The van der Waals surface area contributed by atoms with Gasteiger partial charge in [0.1, 0.15) is 0 Å². The normalized spacial score (nSPS) is 18.7. The lowest BCUT2D eigenvalue weighted by Gasteiger charge is -2.22. The van der Waals surface area contributed by atoms with Crippen LogP contribution >= 0.6 is 0 Å². The van der Waals surface area contributed by atoms with Gasteiger partial charge < -0.3 is 5.21 Å². The summed E-state index contributed by atoms with van der Waals surface area (Å²) in [5.41, 5.74) is 3.12. The van der Waals surface area contributed by atoms with Crippen LogP contribution in [0, 0.1) is 0 Å². The Morgan fingerprint density at radius 2 is 1.75 bits per heavy atom. The monoisotopic (exact) mass is 217 g/mol. The maximum atomic E-state index is 8.69. The number of hydrogen-bond donors (Lipinski definition) is 1. The highest BCUT2D eigenvalue weighted by Gasteiger charge is 2.15. The number of rotatable bonds is 2. The molecule has 0 heterocycles. The van der Waals surface area contributed by atoms with Gasteiger partial charge in [0.05, 0.1) is 5.71 Å². The van der Waals surface area contributed by atoms with Crippen molar-refractivity contribution < 1.29 is 5.21 Å². The van der Waals surface area contributed by atoms with Crippen molar-refractivity contribution in [1.82, 2.24) is 0 Å². The molecule has 1 saturated carbocycles. The fourth-order valence-electron chi connectivity index (χ4n) is 2.49. The maximum absolute atomic E-state index is 8.69. The van der Waals surface area contributed by atoms with Crippen molar-refractivity contribution in [2.24, 2.45) is 5.16 Å². The minimum Gasteiger partial charge on any atom is -0.411 e. The molecule has 0 aliphatic heterocycles. The summed E-state index contributed by atoms with van der Waals surface area (Å²) in [6.45, 7) is 1.82. The molecule has 1 aliphatic carbocycles. The van der Waals surface area contributed by atoms with E-state index in [4.69, 9.17) is 5.21 Å². The number of nitrogens with zero attached hydrogens (tertiary/aromatic N) is 1. The maximum Gasteiger partial charge on any atom is 0.0836 e. The second kappa shape index (κ2) is 5.15. The van der Waals surface area contributed by atoms with Crippen LogP contribution in [0.25, 0.3) is 0 Å². The Morgan fingerprint density at radius 3 is 2.31 bits per heavy atom. The van der Waals surface area contributed by atoms with E-state index in [0.717, 1.165) is 11.5 Å². The van der Waals surface area contributed by atoms with Gasteiger partial charge in [-0.2, -0.15) is 0 Å². The topological polar surface area (TPSA) is 32.6 Å². The average molecular weight is 217 g/mol. The summed E-state index contributed by atoms with van der Waals surface area (Å²) in [5.74, 6) is 0.745. The van der Waals surface area contributed by atoms with Gasteiger partial charge in [0.25, 0.3) is 0 Å². The first-order valence-electron chi connectivity index (χ1n) is 6.10. The second-order valence-electron chi connectivity index (χ2n) is 4.64. The van der Waals surface area contributed by atoms with Gasteiger partial charge >= 0.3 is 0 Å². The molecule has 0 unspecified atom stereocenters. The van der Waals surface area contributed by atoms with Crippen molar-refractivity contribution in [3.8, 4) is 0 Å². The molecule has 1 N–H and O–H groups in total. The molecule has 0 radical (unpaired) electrons. The van der Waals surface area contributed by atoms with Crippen LogP contribution in [-0.2, 0) is 0 Å². The first kappa shape index (κ1) is 11.2. The predicted octanol–water partition coefficient (Wildman–Crippen LogP) is 3.93. The molecule has 1 aromatic rings. The van der Waals surface area contributed by atoms with Gasteiger partial charge in [-0.25, -0.2) is 0 Å². The Hall–Kier alpha value is -1.31. The van der Waals surface area contributed by atoms with Crippen molar-refractivity contribution in [3.63, 3.8) is 0 Å². The lowest BCUT2D eigenvalue weighted by atomic mass is 9.84. The third kappa shape index (κ3) is 2.43. The molecule has 2 rings (SSSR count). The van der Waals surface area contributed by atoms with E-state index in [0.29, 0.717) is 5.71 Å². The van der Waals surface area contributed by atoms with Crippen molar-refractivity contribution in [3.05, 3.63) is 35.4 Å². The van der Waals surface area contributed by atoms with Gasteiger partial charge in [-0.1, -0.05) is 48.7 Å². The van der Waals surface area contributed by atoms with Crippen molar-refractivity contribution >= 4 is 5.71 Å². The first-order valence-corrected chi connectivity index (χ1v) is 6.10. The smallest absolute Gasteiger partial charge is 0.0836 e. The number of oxime groups is 1. The van der Waals surface area contributed by atoms with Crippen LogP contribution in [0.5, 0.6) is 0 Å². The highest BCUT2D eigenvalue weighted by Crippen LogP contribution is 2.32. The molecular weight excluding hydrogens is 198 g/mol. The van der Waals surface area contributed by atoms with Gasteiger partial charge in [-0.15, -0.1) is 0 Å². The van der Waals surface area contributed by atoms with E-state index in [1.165, 1.54) is 37.7 Å². The molecule has 0 atom stereocenters. The summed E-state index contributed by atoms with van der Waals surface area (Å²) in [6.07, 6.45) is 6.77. The van der Waals surface area contributed by atoms with E-state index >= 15 is 0 Å². The van der Waals surface area contributed by atoms with Crippen molar-refractivity contribution in [2.75, 3.05) is 0 Å². The SMILES string of the molecule is CC(=NO)c1ccc(C2CCCCC2)cc1. The van der Waals surface area contributed by atoms with Crippen LogP contribution in [0.4, 0.5) is 0 Å². The molecule has 0 amide bonds. The number of hydrogen-bond acceptors (Lipinski definition) is 2. The summed E-state index contributed by atoms with van der Waals surface area (Å²) in [7, 11) is 0. The lowest BCUT2D eigenvalue weighted by molar-refractivity contribution is 0.319. The third-order valence-corrected chi connectivity index (χ3v) is 3.56. The van der Waals surface area contributed by atoms with E-state index in [9.17, 15) is 0 Å². The Labute approximate surface area is 97.0 Å². The highest BCUT2D eigenvalue weighted by molar-refractivity contribution is 5.98. The van der Waals surface area contributed by atoms with Crippen LogP contribution in [0.2, 0.25) is 0 Å². The molecule has 1 fully saturated rings. The second-order valence-corrected chi connectivity index (χ2v) is 4.64. The standard InChI is InChI=1S/C14H19NO/c1-11(15-16)12-7-9-14(10-8-12)13-5-3-2-4-6-13/h7-10,13,16H,2-6H2,1H3. The molecule has 1 aromatic carbocycles. The van der Waals surface area contributed by atoms with Crippen LogP contribution in [0.3, 0.4) is 0 Å². The zero-order valence-electron chi connectivity index (χ0n) is 9.82. The Kier molecular flexibility index (Phi) is 3.60. The Balaban J connectivity index is 2.12. The van der Waals surface area contributed by atoms with E-state index in [-0.39, 0.29) is 0 Å². The van der Waals surface area contributed by atoms with E-state index in [2.05, 4.69) is 29.4 Å². The van der Waals surface area contributed by atoms with Gasteiger partial charge in [-0.3, -0.25) is 0 Å². The van der Waals surface area contributed by atoms with E-state index in [1.807, 2.05) is 6.92 Å². The molecule has 0 spiro atoms. The van der Waals surface area contributed by atoms with Gasteiger partial charge in [0.2, 0.25) is 0 Å². The zero-order chi connectivity index (χ0) is 11.4. The zero-order valence-corrected chi connectivity index (χ0v) is 9.82. The van der Waals surface area contributed by atoms with E-state index < -0.39 is 0 Å². The summed E-state index contributed by atoms with van der Waals surface area (Å²) >= 11 is 0. The summed E-state index contributed by atoms with van der Waals surface area (Å²) in [6, 6.07) is 8.47. The summed E-state index contributed by atoms with van der Waals surface area (Å²) < 4.78 is 0. The fourth-order valence-corrected chi connectivity index (χ4v) is 2.49. The largest absolute Gasteiger partial charge is 0.411 e. The summed E-state index contributed by atoms with van der Waals surface area (Å²) in [5, 5.41) is 11.9. The highest BCUT2D eigenvalue weighted by atomic mass is 16.4. The minimum atomic E-state index is 0.676. The Bertz CT molecular complexity index is 361. The molecule has 1 aliphatic rings. The van der Waals surface area contributed by atoms with Crippen molar-refractivity contribution in [1.29, 1.82) is 0 Å². The molecule has 2 nitrogen and oxygen atoms in total. The van der Waals surface area contributed by atoms with Gasteiger partial charge in [0, 0.05) is 0 Å². The predicted molar refractivity (Wildman–Crippen MR) is 66.3 cm³/mol. The van der Waals surface area contributed by atoms with Crippen LogP contribution < -0.4 is 0 Å². The van der Waals surface area contributed by atoms with E-state index in [1.54, 1.807) is 0 Å². The van der Waals surface area contributed by atoms with Crippen LogP contribution in [0.1, 0.15) is 56.1 Å². The molecule has 0 aromatic heterocycles. The molecular formula is C14H19NO. The van der Waals surface area contributed by atoms with Gasteiger partial charge in [0.15, 0.2) is 0 Å². The minimum absolute atomic E-state index is 0.676. The summed E-state index contributed by atoms with van der Waals surface area (Å²) in [4.78, 5) is 0.